The van der Waals surface area contributed by atoms with Crippen molar-refractivity contribution in [2.24, 2.45) is 0 Å². The van der Waals surface area contributed by atoms with E-state index in [-0.39, 0.29) is 57.4 Å². The molecule has 1 atom stereocenters. The SMILES string of the molecule is C=C(/C=C(\C)CN1CCN(S(=O)(=O)CC(F)(F)F)CC1)c1ccc2c(c1N)CN(C1CCC(=O)NC1=O)C2=O. The standard InChI is InChI=1S/C25H30F3N5O5S/c1-15(12-31-7-9-32(10-8-31)39(37,38)14-25(26,27)28)11-16(2)17-3-4-18-19(22(17)29)13-33(24(18)36)20-5-6-21(34)30-23(20)35/h3-4,11,20H,2,5-10,12-14,29H2,1H3,(H,30,34,35)/b15-11+. The number of nitrogens with two attached hydrogens (primary N) is 1. The maximum absolute atomic E-state index is 13.0. The highest BCUT2D eigenvalue weighted by atomic mass is 32.2. The van der Waals surface area contributed by atoms with E-state index in [9.17, 15) is 36.0 Å². The molecule has 0 bridgehead atoms. The molecule has 3 heterocycles. The van der Waals surface area contributed by atoms with Gasteiger partial charge in [0.15, 0.2) is 5.75 Å². The maximum Gasteiger partial charge on any atom is 0.404 e. The molecule has 3 N–H and O–H groups in total. The zero-order chi connectivity index (χ0) is 28.7. The molecule has 0 aliphatic carbocycles. The van der Waals surface area contributed by atoms with Crippen LogP contribution in [-0.4, -0.2) is 90.9 Å². The number of alkyl halides is 3. The summed E-state index contributed by atoms with van der Waals surface area (Å²) in [5.74, 6) is -3.06. The Morgan fingerprint density at radius 2 is 1.85 bits per heavy atom. The number of amides is 3. The molecule has 4 rings (SSSR count). The number of allylic oxidation sites excluding steroid dienone is 2. The van der Waals surface area contributed by atoms with Crippen molar-refractivity contribution in [3.63, 3.8) is 0 Å². The Labute approximate surface area is 224 Å². The summed E-state index contributed by atoms with van der Waals surface area (Å²) in [4.78, 5) is 40.1. The first-order valence-electron chi connectivity index (χ1n) is 12.4. The van der Waals surface area contributed by atoms with Gasteiger partial charge in [-0.25, -0.2) is 8.42 Å². The number of nitrogen functional groups attached to an aromatic ring is 1. The number of imide groups is 1. The van der Waals surface area contributed by atoms with Crippen LogP contribution in [0.1, 0.15) is 41.3 Å². The average Bonchev–Trinajstić information content (AvgIpc) is 3.15. The summed E-state index contributed by atoms with van der Waals surface area (Å²) in [5.41, 5.74) is 9.87. The Balaban J connectivity index is 1.39. The average molecular weight is 570 g/mol. The number of anilines is 1. The molecule has 2 saturated heterocycles. The van der Waals surface area contributed by atoms with Crippen molar-refractivity contribution in [2.45, 2.75) is 38.5 Å². The predicted octanol–water partition coefficient (Wildman–Crippen LogP) is 1.50. The molecular weight excluding hydrogens is 539 g/mol. The quantitative estimate of drug-likeness (QED) is 0.289. The van der Waals surface area contributed by atoms with Crippen LogP contribution in [0, 0.1) is 0 Å². The summed E-state index contributed by atoms with van der Waals surface area (Å²) in [6.45, 7) is 7.07. The van der Waals surface area contributed by atoms with Crippen molar-refractivity contribution in [1.29, 1.82) is 0 Å². The Bertz CT molecular complexity index is 1350. The van der Waals surface area contributed by atoms with Crippen LogP contribution in [0.25, 0.3) is 5.57 Å². The second-order valence-corrected chi connectivity index (χ2v) is 12.0. The van der Waals surface area contributed by atoms with Crippen LogP contribution in [0.5, 0.6) is 0 Å². The topological polar surface area (TPSA) is 133 Å². The van der Waals surface area contributed by atoms with Crippen molar-refractivity contribution < 1.29 is 36.0 Å². The van der Waals surface area contributed by atoms with Crippen LogP contribution in [0.2, 0.25) is 0 Å². The first-order chi connectivity index (χ1) is 18.2. The number of halogens is 3. The zero-order valence-electron chi connectivity index (χ0n) is 21.4. The molecule has 0 saturated carbocycles. The Hall–Kier alpha value is -3.23. The van der Waals surface area contributed by atoms with Gasteiger partial charge in [-0.1, -0.05) is 24.3 Å². The molecular formula is C25H30F3N5O5S. The summed E-state index contributed by atoms with van der Waals surface area (Å²) in [7, 11) is -4.40. The molecule has 1 aromatic carbocycles. The molecule has 1 aromatic rings. The van der Waals surface area contributed by atoms with Crippen LogP contribution in [0.15, 0.2) is 30.4 Å². The third-order valence-electron chi connectivity index (χ3n) is 7.07. The number of sulfonamides is 1. The van der Waals surface area contributed by atoms with E-state index in [1.54, 1.807) is 12.1 Å². The van der Waals surface area contributed by atoms with Crippen molar-refractivity contribution in [3.8, 4) is 0 Å². The second kappa shape index (κ2) is 10.7. The van der Waals surface area contributed by atoms with E-state index >= 15 is 0 Å². The van der Waals surface area contributed by atoms with Crippen molar-refractivity contribution in [3.05, 3.63) is 47.1 Å². The third-order valence-corrected chi connectivity index (χ3v) is 8.92. The van der Waals surface area contributed by atoms with Crippen LogP contribution >= 0.6 is 0 Å². The van der Waals surface area contributed by atoms with E-state index < -0.39 is 33.9 Å². The minimum absolute atomic E-state index is 0.0257. The van der Waals surface area contributed by atoms with Crippen molar-refractivity contribution >= 4 is 39.0 Å². The maximum atomic E-state index is 13.0. The number of benzene rings is 1. The summed E-state index contributed by atoms with van der Waals surface area (Å²) in [6.07, 6.45) is -2.57. The van der Waals surface area contributed by atoms with Gasteiger partial charge in [-0.3, -0.25) is 24.6 Å². The van der Waals surface area contributed by atoms with Crippen LogP contribution < -0.4 is 11.1 Å². The van der Waals surface area contributed by atoms with Crippen molar-refractivity contribution in [2.75, 3.05) is 44.2 Å². The number of fused-ring (bicyclic) bond motifs is 1. The lowest BCUT2D eigenvalue weighted by atomic mass is 9.97. The van der Waals surface area contributed by atoms with E-state index in [0.717, 1.165) is 9.88 Å². The number of nitrogens with one attached hydrogen (secondary N) is 1. The molecule has 14 heteroatoms. The Kier molecular flexibility index (Phi) is 7.92. The Morgan fingerprint density at radius 1 is 1.18 bits per heavy atom. The number of carbonyl (C=O) groups is 3. The molecule has 39 heavy (non-hydrogen) atoms. The Morgan fingerprint density at radius 3 is 2.46 bits per heavy atom. The molecule has 1 unspecified atom stereocenters. The number of hydrogen-bond donors (Lipinski definition) is 2. The minimum Gasteiger partial charge on any atom is -0.398 e. The molecule has 212 valence electrons. The van der Waals surface area contributed by atoms with E-state index in [1.165, 1.54) is 4.90 Å². The number of carbonyl (C=O) groups excluding carboxylic acids is 3. The first kappa shape index (κ1) is 28.8. The molecule has 0 radical (unpaired) electrons. The number of hydrogen-bond acceptors (Lipinski definition) is 7. The molecule has 3 aliphatic heterocycles. The van der Waals surface area contributed by atoms with E-state index in [0.29, 0.717) is 34.5 Å². The highest BCUT2D eigenvalue weighted by Gasteiger charge is 2.41. The van der Waals surface area contributed by atoms with Gasteiger partial charge in [0, 0.05) is 68.1 Å². The second-order valence-electron chi connectivity index (χ2n) is 10.0. The van der Waals surface area contributed by atoms with Gasteiger partial charge in [-0.05, 0) is 25.0 Å². The fourth-order valence-corrected chi connectivity index (χ4v) is 6.50. The molecule has 3 aliphatic rings. The minimum atomic E-state index is -4.79. The van der Waals surface area contributed by atoms with Gasteiger partial charge in [0.2, 0.25) is 21.8 Å². The number of nitrogens with zero attached hydrogens (tertiary/aromatic N) is 3. The highest BCUT2D eigenvalue weighted by Crippen LogP contribution is 2.35. The summed E-state index contributed by atoms with van der Waals surface area (Å²) in [6, 6.07) is 2.58. The number of piperidine rings is 1. The number of piperazine rings is 1. The molecule has 3 amide bonds. The van der Waals surface area contributed by atoms with E-state index in [1.807, 2.05) is 17.9 Å². The lowest BCUT2D eigenvalue weighted by Gasteiger charge is -2.34. The van der Waals surface area contributed by atoms with Crippen LogP contribution in [0.4, 0.5) is 18.9 Å². The van der Waals surface area contributed by atoms with Gasteiger partial charge in [-0.2, -0.15) is 17.5 Å². The zero-order valence-corrected chi connectivity index (χ0v) is 22.2. The lowest BCUT2D eigenvalue weighted by molar-refractivity contribution is -0.137. The fraction of sp³-hybridized carbons (Fsp3) is 0.480. The van der Waals surface area contributed by atoms with Gasteiger partial charge in [0.05, 0.1) is 0 Å². The van der Waals surface area contributed by atoms with Gasteiger partial charge < -0.3 is 10.6 Å². The molecule has 2 fully saturated rings. The lowest BCUT2D eigenvalue weighted by Crippen LogP contribution is -2.52. The number of rotatable bonds is 7. The predicted molar refractivity (Wildman–Crippen MR) is 138 cm³/mol. The third kappa shape index (κ3) is 6.34. The normalized spacial score (nSPS) is 21.7. The first-order valence-corrected chi connectivity index (χ1v) is 14.0. The van der Waals surface area contributed by atoms with Crippen molar-refractivity contribution in [1.82, 2.24) is 19.4 Å². The molecule has 0 aromatic heterocycles. The van der Waals surface area contributed by atoms with Gasteiger partial charge in [-0.15, -0.1) is 0 Å². The highest BCUT2D eigenvalue weighted by molar-refractivity contribution is 7.89. The van der Waals surface area contributed by atoms with E-state index in [2.05, 4.69) is 11.9 Å². The smallest absolute Gasteiger partial charge is 0.398 e. The van der Waals surface area contributed by atoms with Gasteiger partial charge in [0.1, 0.15) is 6.04 Å². The van der Waals surface area contributed by atoms with E-state index in [4.69, 9.17) is 5.73 Å². The van der Waals surface area contributed by atoms with Gasteiger partial charge in [0.25, 0.3) is 5.91 Å². The summed E-state index contributed by atoms with van der Waals surface area (Å²) in [5, 5.41) is 2.26. The largest absolute Gasteiger partial charge is 0.404 e. The summed E-state index contributed by atoms with van der Waals surface area (Å²) >= 11 is 0. The van der Waals surface area contributed by atoms with Crippen LogP contribution in [-0.2, 0) is 26.2 Å². The van der Waals surface area contributed by atoms with Gasteiger partial charge >= 0.3 is 6.18 Å². The molecule has 0 spiro atoms. The van der Waals surface area contributed by atoms with Crippen LogP contribution in [0.3, 0.4) is 0 Å². The monoisotopic (exact) mass is 569 g/mol. The molecule has 10 nitrogen and oxygen atoms in total. The fourth-order valence-electron chi connectivity index (χ4n) is 5.18. The summed E-state index contributed by atoms with van der Waals surface area (Å²) < 4.78 is 62.6.